The molecule has 0 aliphatic rings. The van der Waals surface area contributed by atoms with E-state index in [1.807, 2.05) is 0 Å². The van der Waals surface area contributed by atoms with E-state index in [2.05, 4.69) is 0 Å². The lowest BCUT2D eigenvalue weighted by Gasteiger charge is -1.91. The van der Waals surface area contributed by atoms with Crippen LogP contribution in [0.25, 0.3) is 0 Å². The molecule has 0 bridgehead atoms. The lowest BCUT2D eigenvalue weighted by atomic mass is 10.2. The molecule has 0 fully saturated rings. The van der Waals surface area contributed by atoms with Crippen LogP contribution in [-0.4, -0.2) is 22.2 Å². The van der Waals surface area contributed by atoms with E-state index >= 15 is 0 Å². The summed E-state index contributed by atoms with van der Waals surface area (Å²) in [4.78, 5) is 20.0. The third-order valence-electron chi connectivity index (χ3n) is 0.969. The molecule has 0 aliphatic heterocycles. The molecule has 0 aromatic carbocycles. The molecule has 0 unspecified atom stereocenters. The molecule has 0 atom stereocenters. The summed E-state index contributed by atoms with van der Waals surface area (Å²) in [5, 5.41) is 16.4. The van der Waals surface area contributed by atoms with Gasteiger partial charge in [-0.15, -0.1) is 0 Å². The van der Waals surface area contributed by atoms with E-state index in [1.165, 1.54) is 6.08 Å². The Balaban J connectivity index is 3.74. The van der Waals surface area contributed by atoms with Gasteiger partial charge in [-0.2, -0.15) is 0 Å². The fraction of sp³-hybridized carbons (Fsp3) is 0.333. The highest BCUT2D eigenvalue weighted by Gasteiger charge is 2.00. The molecule has 0 radical (unpaired) electrons. The van der Waals surface area contributed by atoms with E-state index < -0.39 is 11.9 Å². The van der Waals surface area contributed by atoms with Crippen LogP contribution in [-0.2, 0) is 9.59 Å². The number of hydrogen-bond acceptors (Lipinski definition) is 3. The minimum absolute atomic E-state index is 0.103. The second-order valence-electron chi connectivity index (χ2n) is 1.90. The van der Waals surface area contributed by atoms with Gasteiger partial charge >= 0.3 is 11.9 Å². The number of nitrogens with two attached hydrogens (primary N) is 1. The normalized spacial score (nSPS) is 11.1. The molecule has 0 rings (SSSR count). The zero-order valence-electron chi connectivity index (χ0n) is 5.78. The molecule has 0 aliphatic carbocycles. The second kappa shape index (κ2) is 4.32. The van der Waals surface area contributed by atoms with Crippen molar-refractivity contribution in [2.24, 2.45) is 5.73 Å². The van der Waals surface area contributed by atoms with Gasteiger partial charge in [0, 0.05) is 6.42 Å². The molecular formula is C6H9NO4. The number of aliphatic carboxylic acids is 2. The Kier molecular flexibility index (Phi) is 3.72. The Bertz CT molecular complexity index is 197. The predicted octanol–water partition coefficient (Wildman–Crippen LogP) is -0.222. The minimum Gasteiger partial charge on any atom is -0.481 e. The molecule has 0 spiro atoms. The first-order valence-corrected chi connectivity index (χ1v) is 2.94. The number of hydrogen-bond donors (Lipinski definition) is 3. The summed E-state index contributed by atoms with van der Waals surface area (Å²) in [5.74, 6) is -2.20. The van der Waals surface area contributed by atoms with Gasteiger partial charge in [-0.1, -0.05) is 6.08 Å². The molecule has 5 heteroatoms. The van der Waals surface area contributed by atoms with Crippen molar-refractivity contribution in [3.05, 3.63) is 11.8 Å². The highest BCUT2D eigenvalue weighted by molar-refractivity contribution is 5.85. The van der Waals surface area contributed by atoms with Crippen molar-refractivity contribution < 1.29 is 19.8 Å². The Hall–Kier alpha value is -1.52. The van der Waals surface area contributed by atoms with E-state index in [9.17, 15) is 9.59 Å². The first-order chi connectivity index (χ1) is 5.04. The maximum Gasteiger partial charge on any atom is 0.351 e. The number of carbonyl (C=O) groups is 2. The molecule has 0 saturated heterocycles. The number of carboxylic acids is 2. The molecule has 0 heterocycles. The van der Waals surface area contributed by atoms with Crippen molar-refractivity contribution in [1.82, 2.24) is 0 Å². The molecule has 0 amide bonds. The van der Waals surface area contributed by atoms with Gasteiger partial charge in [0.05, 0.1) is 0 Å². The second-order valence-corrected chi connectivity index (χ2v) is 1.90. The molecule has 4 N–H and O–H groups in total. The van der Waals surface area contributed by atoms with Crippen LogP contribution >= 0.6 is 0 Å². The number of rotatable bonds is 4. The van der Waals surface area contributed by atoms with Gasteiger partial charge in [0.2, 0.25) is 0 Å². The van der Waals surface area contributed by atoms with Gasteiger partial charge in [0.15, 0.2) is 0 Å². The quantitative estimate of drug-likeness (QED) is 0.492. The first-order valence-electron chi connectivity index (χ1n) is 2.94. The number of allylic oxidation sites excluding steroid dienone is 1. The van der Waals surface area contributed by atoms with Crippen molar-refractivity contribution in [3.8, 4) is 0 Å². The van der Waals surface area contributed by atoms with E-state index in [0.717, 1.165) is 0 Å². The maximum atomic E-state index is 10.0. The van der Waals surface area contributed by atoms with Crippen LogP contribution in [0.4, 0.5) is 0 Å². The van der Waals surface area contributed by atoms with E-state index in [4.69, 9.17) is 15.9 Å². The van der Waals surface area contributed by atoms with Gasteiger partial charge in [-0.05, 0) is 6.42 Å². The van der Waals surface area contributed by atoms with E-state index in [0.29, 0.717) is 0 Å². The highest BCUT2D eigenvalue weighted by atomic mass is 16.4. The fourth-order valence-electron chi connectivity index (χ4n) is 0.438. The van der Waals surface area contributed by atoms with Crippen molar-refractivity contribution in [3.63, 3.8) is 0 Å². The summed E-state index contributed by atoms with van der Waals surface area (Å²) in [5.41, 5.74) is 4.66. The van der Waals surface area contributed by atoms with E-state index in [1.54, 1.807) is 0 Å². The van der Waals surface area contributed by atoms with Crippen LogP contribution in [0, 0.1) is 0 Å². The maximum absolute atomic E-state index is 10.0. The van der Waals surface area contributed by atoms with Crippen molar-refractivity contribution >= 4 is 11.9 Å². The Morgan fingerprint density at radius 2 is 1.91 bits per heavy atom. The molecule has 62 valence electrons. The third-order valence-corrected chi connectivity index (χ3v) is 0.969. The Morgan fingerprint density at radius 1 is 1.36 bits per heavy atom. The van der Waals surface area contributed by atoms with Crippen LogP contribution in [0.2, 0.25) is 0 Å². The summed E-state index contributed by atoms with van der Waals surface area (Å²) >= 11 is 0. The molecular weight excluding hydrogens is 150 g/mol. The third kappa shape index (κ3) is 4.95. The van der Waals surface area contributed by atoms with Gasteiger partial charge in [-0.3, -0.25) is 4.79 Å². The van der Waals surface area contributed by atoms with Crippen LogP contribution < -0.4 is 5.73 Å². The largest absolute Gasteiger partial charge is 0.481 e. The number of carboxylic acid groups (broad SMARTS) is 2. The smallest absolute Gasteiger partial charge is 0.351 e. The van der Waals surface area contributed by atoms with Gasteiger partial charge in [-0.25, -0.2) is 4.79 Å². The lowest BCUT2D eigenvalue weighted by molar-refractivity contribution is -0.137. The first kappa shape index (κ1) is 9.48. The van der Waals surface area contributed by atoms with Crippen molar-refractivity contribution in [2.45, 2.75) is 12.8 Å². The summed E-state index contributed by atoms with van der Waals surface area (Å²) in [7, 11) is 0. The average Bonchev–Trinajstić information content (AvgIpc) is 1.86. The van der Waals surface area contributed by atoms with Crippen molar-refractivity contribution in [1.29, 1.82) is 0 Å². The molecule has 5 nitrogen and oxygen atoms in total. The molecule has 0 saturated carbocycles. The minimum atomic E-state index is -1.23. The molecule has 0 aromatic heterocycles. The lowest BCUT2D eigenvalue weighted by Crippen LogP contribution is -2.09. The van der Waals surface area contributed by atoms with Gasteiger partial charge in [0.25, 0.3) is 0 Å². The zero-order valence-corrected chi connectivity index (χ0v) is 5.78. The van der Waals surface area contributed by atoms with Gasteiger partial charge < -0.3 is 15.9 Å². The van der Waals surface area contributed by atoms with Crippen LogP contribution in [0.1, 0.15) is 12.8 Å². The predicted molar refractivity (Wildman–Crippen MR) is 36.8 cm³/mol. The van der Waals surface area contributed by atoms with Crippen LogP contribution in [0.3, 0.4) is 0 Å². The van der Waals surface area contributed by atoms with Crippen molar-refractivity contribution in [2.75, 3.05) is 0 Å². The van der Waals surface area contributed by atoms with Gasteiger partial charge in [0.1, 0.15) is 5.70 Å². The Morgan fingerprint density at radius 3 is 2.27 bits per heavy atom. The molecule has 11 heavy (non-hydrogen) atoms. The SMILES string of the molecule is NC(=CCCC(=O)O)C(=O)O. The Labute approximate surface area is 63.1 Å². The molecule has 0 aromatic rings. The summed E-state index contributed by atoms with van der Waals surface area (Å²) in [6.45, 7) is 0. The monoisotopic (exact) mass is 159 g/mol. The highest BCUT2D eigenvalue weighted by Crippen LogP contribution is 1.93. The summed E-state index contributed by atoms with van der Waals surface area (Å²) < 4.78 is 0. The summed E-state index contributed by atoms with van der Waals surface area (Å²) in [6, 6.07) is 0. The topological polar surface area (TPSA) is 101 Å². The average molecular weight is 159 g/mol. The van der Waals surface area contributed by atoms with E-state index in [-0.39, 0.29) is 18.5 Å². The standard InChI is InChI=1S/C6H9NO4/c7-4(6(10)11)2-1-3-5(8)9/h2H,1,3,7H2,(H,8,9)(H,10,11). The summed E-state index contributed by atoms with van der Waals surface area (Å²) in [6.07, 6.45) is 1.22. The van der Waals surface area contributed by atoms with Crippen LogP contribution in [0.15, 0.2) is 11.8 Å². The fourth-order valence-corrected chi connectivity index (χ4v) is 0.438. The zero-order chi connectivity index (χ0) is 8.85. The van der Waals surface area contributed by atoms with Crippen LogP contribution in [0.5, 0.6) is 0 Å².